The maximum Gasteiger partial charge on any atom is 0.0991 e. The zero-order chi connectivity index (χ0) is 18.2. The van der Waals surface area contributed by atoms with Crippen molar-refractivity contribution in [1.29, 1.82) is 10.5 Å². The van der Waals surface area contributed by atoms with Crippen molar-refractivity contribution in [2.24, 2.45) is 0 Å². The quantitative estimate of drug-likeness (QED) is 0.701. The minimum Gasteiger partial charge on any atom is -0.253 e. The van der Waals surface area contributed by atoms with E-state index in [4.69, 9.17) is 10.5 Å². The van der Waals surface area contributed by atoms with Gasteiger partial charge in [0.25, 0.3) is 0 Å². The van der Waals surface area contributed by atoms with E-state index in [-0.39, 0.29) is 0 Å². The normalized spacial score (nSPS) is 10.7. The molecule has 0 spiro atoms. The molecule has 0 aliphatic carbocycles. The van der Waals surface area contributed by atoms with Crippen LogP contribution in [0.25, 0.3) is 24.3 Å². The van der Waals surface area contributed by atoms with E-state index in [0.717, 1.165) is 22.5 Å². The van der Waals surface area contributed by atoms with Gasteiger partial charge in [-0.25, -0.2) is 0 Å². The molecule has 0 saturated carbocycles. The highest BCUT2D eigenvalue weighted by molar-refractivity contribution is 5.70. The number of rotatable bonds is 4. The summed E-state index contributed by atoms with van der Waals surface area (Å²) in [6, 6.07) is 18.9. The molecular weight excluding hydrogens is 320 g/mol. The fourth-order valence-corrected chi connectivity index (χ4v) is 2.22. The Kier molecular flexibility index (Phi) is 5.30. The molecular formula is C22H14N4. The minimum atomic E-state index is 0.639. The van der Waals surface area contributed by atoms with E-state index in [1.54, 1.807) is 36.7 Å². The lowest BCUT2D eigenvalue weighted by Crippen LogP contribution is -1.86. The van der Waals surface area contributed by atoms with Crippen molar-refractivity contribution in [2.75, 3.05) is 0 Å². The molecule has 0 amide bonds. The lowest BCUT2D eigenvalue weighted by Gasteiger charge is -1.97. The van der Waals surface area contributed by atoms with Gasteiger partial charge in [0.2, 0.25) is 0 Å². The van der Waals surface area contributed by atoms with E-state index in [2.05, 4.69) is 22.1 Å². The number of nitrogens with zero attached hydrogens (tertiary/aromatic N) is 4. The van der Waals surface area contributed by atoms with E-state index in [0.29, 0.717) is 11.1 Å². The molecule has 1 heterocycles. The molecule has 0 saturated heterocycles. The summed E-state index contributed by atoms with van der Waals surface area (Å²) < 4.78 is 0. The Bertz CT molecular complexity index is 927. The molecule has 0 aliphatic rings. The second-order valence-corrected chi connectivity index (χ2v) is 5.50. The first-order chi connectivity index (χ1) is 12.8. The molecule has 2 aromatic carbocycles. The molecule has 1 aromatic heterocycles. The fraction of sp³-hybridized carbons (Fsp3) is 0. The van der Waals surface area contributed by atoms with Crippen molar-refractivity contribution < 1.29 is 0 Å². The summed E-state index contributed by atoms with van der Waals surface area (Å²) in [6.07, 6.45) is 11.0. The number of benzene rings is 2. The highest BCUT2D eigenvalue weighted by Gasteiger charge is 1.94. The van der Waals surface area contributed by atoms with Gasteiger partial charge >= 0.3 is 0 Å². The Balaban J connectivity index is 1.65. The van der Waals surface area contributed by atoms with Gasteiger partial charge in [0.05, 0.1) is 47.0 Å². The molecule has 3 rings (SSSR count). The van der Waals surface area contributed by atoms with Crippen LogP contribution in [-0.4, -0.2) is 9.97 Å². The standard InChI is InChI=1S/C22H14N4/c23-13-19-5-1-17(2-6-19)9-11-21-15-26-22(16-25-21)12-10-18-3-7-20(14-24)8-4-18/h1-12,15-16H/b11-9+,12-10+. The molecule has 0 radical (unpaired) electrons. The van der Waals surface area contributed by atoms with Crippen molar-refractivity contribution in [1.82, 2.24) is 9.97 Å². The smallest absolute Gasteiger partial charge is 0.0991 e. The largest absolute Gasteiger partial charge is 0.253 e. The Morgan fingerprint density at radius 2 is 0.962 bits per heavy atom. The molecule has 3 aromatic rings. The Morgan fingerprint density at radius 1 is 0.577 bits per heavy atom. The summed E-state index contributed by atoms with van der Waals surface area (Å²) in [5, 5.41) is 17.6. The lowest BCUT2D eigenvalue weighted by molar-refractivity contribution is 1.16. The van der Waals surface area contributed by atoms with Crippen LogP contribution >= 0.6 is 0 Å². The second-order valence-electron chi connectivity index (χ2n) is 5.50. The number of nitriles is 2. The molecule has 4 nitrogen and oxygen atoms in total. The average Bonchev–Trinajstić information content (AvgIpc) is 2.72. The fourth-order valence-electron chi connectivity index (χ4n) is 2.22. The van der Waals surface area contributed by atoms with E-state index >= 15 is 0 Å². The molecule has 0 N–H and O–H groups in total. The summed E-state index contributed by atoms with van der Waals surface area (Å²) >= 11 is 0. The molecule has 0 fully saturated rings. The van der Waals surface area contributed by atoms with Crippen molar-refractivity contribution in [2.45, 2.75) is 0 Å². The Labute approximate surface area is 152 Å². The van der Waals surface area contributed by atoms with Crippen molar-refractivity contribution >= 4 is 24.3 Å². The Hall–Kier alpha value is -4.02. The zero-order valence-electron chi connectivity index (χ0n) is 13.9. The van der Waals surface area contributed by atoms with E-state index in [1.165, 1.54) is 0 Å². The van der Waals surface area contributed by atoms with Crippen LogP contribution in [0.1, 0.15) is 33.6 Å². The highest BCUT2D eigenvalue weighted by atomic mass is 14.8. The van der Waals surface area contributed by atoms with Crippen LogP contribution in [0, 0.1) is 22.7 Å². The Morgan fingerprint density at radius 3 is 1.27 bits per heavy atom. The zero-order valence-corrected chi connectivity index (χ0v) is 13.9. The van der Waals surface area contributed by atoms with Crippen LogP contribution in [0.4, 0.5) is 0 Å². The maximum atomic E-state index is 8.80. The van der Waals surface area contributed by atoms with Gasteiger partial charge in [-0.3, -0.25) is 9.97 Å². The monoisotopic (exact) mass is 334 g/mol. The minimum absolute atomic E-state index is 0.639. The van der Waals surface area contributed by atoms with Gasteiger partial charge in [-0.15, -0.1) is 0 Å². The summed E-state index contributed by atoms with van der Waals surface area (Å²) in [6.45, 7) is 0. The van der Waals surface area contributed by atoms with E-state index in [9.17, 15) is 0 Å². The maximum absolute atomic E-state index is 8.80. The predicted molar refractivity (Wildman–Crippen MR) is 102 cm³/mol. The molecule has 0 atom stereocenters. The van der Waals surface area contributed by atoms with Crippen molar-refractivity contribution in [3.05, 3.63) is 94.6 Å². The van der Waals surface area contributed by atoms with Gasteiger partial charge in [-0.2, -0.15) is 10.5 Å². The van der Waals surface area contributed by atoms with Gasteiger partial charge in [-0.1, -0.05) is 36.4 Å². The molecule has 0 aliphatic heterocycles. The van der Waals surface area contributed by atoms with Crippen LogP contribution < -0.4 is 0 Å². The van der Waals surface area contributed by atoms with Gasteiger partial charge in [0.1, 0.15) is 0 Å². The summed E-state index contributed by atoms with van der Waals surface area (Å²) in [4.78, 5) is 8.74. The molecule has 122 valence electrons. The third-order valence-corrected chi connectivity index (χ3v) is 3.66. The number of hydrogen-bond donors (Lipinski definition) is 0. The van der Waals surface area contributed by atoms with E-state index < -0.39 is 0 Å². The SMILES string of the molecule is N#Cc1ccc(/C=C/c2cnc(/C=C/c3ccc(C#N)cc3)cn2)cc1. The third kappa shape index (κ3) is 4.50. The first-order valence-corrected chi connectivity index (χ1v) is 7.95. The summed E-state index contributed by atoms with van der Waals surface area (Å²) in [5.41, 5.74) is 4.78. The predicted octanol–water partition coefficient (Wildman–Crippen LogP) is 4.56. The summed E-state index contributed by atoms with van der Waals surface area (Å²) in [5.74, 6) is 0. The van der Waals surface area contributed by atoms with Crippen LogP contribution in [0.3, 0.4) is 0 Å². The molecule has 26 heavy (non-hydrogen) atoms. The number of aromatic nitrogens is 2. The summed E-state index contributed by atoms with van der Waals surface area (Å²) in [7, 11) is 0. The highest BCUT2D eigenvalue weighted by Crippen LogP contribution is 2.10. The van der Waals surface area contributed by atoms with Crippen LogP contribution in [0.15, 0.2) is 60.9 Å². The topological polar surface area (TPSA) is 73.4 Å². The second kappa shape index (κ2) is 8.19. The van der Waals surface area contributed by atoms with Crippen molar-refractivity contribution in [3.63, 3.8) is 0 Å². The molecule has 0 unspecified atom stereocenters. The van der Waals surface area contributed by atoms with Gasteiger partial charge in [-0.05, 0) is 47.5 Å². The number of hydrogen-bond acceptors (Lipinski definition) is 4. The molecule has 0 bridgehead atoms. The average molecular weight is 334 g/mol. The first-order valence-electron chi connectivity index (χ1n) is 7.95. The first kappa shape index (κ1) is 16.8. The molecule has 4 heteroatoms. The third-order valence-electron chi connectivity index (χ3n) is 3.66. The van der Waals surface area contributed by atoms with Gasteiger partial charge < -0.3 is 0 Å². The lowest BCUT2D eigenvalue weighted by atomic mass is 10.1. The van der Waals surface area contributed by atoms with Gasteiger partial charge in [0, 0.05) is 0 Å². The van der Waals surface area contributed by atoms with Crippen molar-refractivity contribution in [3.8, 4) is 12.1 Å². The van der Waals surface area contributed by atoms with Crippen LogP contribution in [0.5, 0.6) is 0 Å². The van der Waals surface area contributed by atoms with Crippen LogP contribution in [-0.2, 0) is 0 Å². The van der Waals surface area contributed by atoms with E-state index in [1.807, 2.05) is 48.6 Å². The van der Waals surface area contributed by atoms with Crippen LogP contribution in [0.2, 0.25) is 0 Å². The van der Waals surface area contributed by atoms with Gasteiger partial charge in [0.15, 0.2) is 0 Å².